The Bertz CT molecular complexity index is 623. The minimum absolute atomic E-state index is 0.00279. The average molecular weight is 318 g/mol. The summed E-state index contributed by atoms with van der Waals surface area (Å²) in [6.07, 6.45) is 5.49. The Hall–Kier alpha value is -2.12. The molecule has 0 radical (unpaired) electrons. The topological polar surface area (TPSA) is 72.5 Å². The second-order valence-corrected chi connectivity index (χ2v) is 5.82. The van der Waals surface area contributed by atoms with Gasteiger partial charge in [-0.2, -0.15) is 5.10 Å². The molecule has 2 aromatic rings. The van der Waals surface area contributed by atoms with Gasteiger partial charge in [0.15, 0.2) is 0 Å². The molecule has 1 aliphatic heterocycles. The number of aromatic nitrogens is 2. The van der Waals surface area contributed by atoms with Crippen LogP contribution in [-0.2, 0) is 22.6 Å². The molecule has 0 saturated carbocycles. The van der Waals surface area contributed by atoms with Crippen LogP contribution in [0.3, 0.4) is 0 Å². The summed E-state index contributed by atoms with van der Waals surface area (Å²) in [5, 5.41) is 7.15. The van der Waals surface area contributed by atoms with Gasteiger partial charge in [0.2, 0.25) is 5.91 Å². The summed E-state index contributed by atoms with van der Waals surface area (Å²) >= 11 is 0. The molecule has 1 aliphatic rings. The molecule has 0 bridgehead atoms. The predicted molar refractivity (Wildman–Crippen MR) is 83.7 cm³/mol. The molecule has 0 aliphatic carbocycles. The van der Waals surface area contributed by atoms with E-state index < -0.39 is 0 Å². The second kappa shape index (κ2) is 7.43. The molecule has 3 rings (SSSR count). The van der Waals surface area contributed by atoms with Crippen molar-refractivity contribution in [2.45, 2.75) is 26.1 Å². The van der Waals surface area contributed by atoms with E-state index in [1.54, 1.807) is 6.26 Å². The van der Waals surface area contributed by atoms with Gasteiger partial charge < -0.3 is 14.5 Å². The van der Waals surface area contributed by atoms with Gasteiger partial charge in [0.05, 0.1) is 44.8 Å². The maximum atomic E-state index is 12.0. The summed E-state index contributed by atoms with van der Waals surface area (Å²) in [5.74, 6) is 0.754. The molecule has 7 nitrogen and oxygen atoms in total. The standard InChI is InChI=1S/C16H22N4O3/c1-13-7-18-20(9-13)11-15-10-19(4-6-23-15)12-16(21)17-8-14-3-2-5-22-14/h2-3,5,7,9,15H,4,6,8,10-12H2,1H3,(H,17,21)/t15-/m0/s1. The number of rotatable bonds is 6. The van der Waals surface area contributed by atoms with Crippen molar-refractivity contribution < 1.29 is 13.9 Å². The zero-order valence-corrected chi connectivity index (χ0v) is 13.3. The van der Waals surface area contributed by atoms with Crippen molar-refractivity contribution in [2.75, 3.05) is 26.2 Å². The number of morpholine rings is 1. The Balaban J connectivity index is 1.43. The van der Waals surface area contributed by atoms with E-state index in [4.69, 9.17) is 9.15 Å². The monoisotopic (exact) mass is 318 g/mol. The van der Waals surface area contributed by atoms with Gasteiger partial charge in [-0.05, 0) is 24.6 Å². The fourth-order valence-corrected chi connectivity index (χ4v) is 2.67. The first kappa shape index (κ1) is 15.8. The summed E-state index contributed by atoms with van der Waals surface area (Å²) in [6, 6.07) is 3.65. The van der Waals surface area contributed by atoms with Crippen LogP contribution in [0.15, 0.2) is 35.2 Å². The average Bonchev–Trinajstić information content (AvgIpc) is 3.17. The highest BCUT2D eigenvalue weighted by Gasteiger charge is 2.22. The first-order chi connectivity index (χ1) is 11.2. The number of amides is 1. The fraction of sp³-hybridized carbons (Fsp3) is 0.500. The number of hydrogen-bond donors (Lipinski definition) is 1. The first-order valence-corrected chi connectivity index (χ1v) is 7.81. The fourth-order valence-electron chi connectivity index (χ4n) is 2.67. The molecule has 1 amide bonds. The molecule has 3 heterocycles. The van der Waals surface area contributed by atoms with E-state index >= 15 is 0 Å². The quantitative estimate of drug-likeness (QED) is 0.853. The van der Waals surface area contributed by atoms with Crippen molar-refractivity contribution in [3.63, 3.8) is 0 Å². The van der Waals surface area contributed by atoms with Crippen LogP contribution in [-0.4, -0.2) is 52.9 Å². The molecule has 0 aromatic carbocycles. The lowest BCUT2D eigenvalue weighted by Crippen LogP contribution is -2.48. The van der Waals surface area contributed by atoms with E-state index in [1.807, 2.05) is 36.1 Å². The van der Waals surface area contributed by atoms with Gasteiger partial charge in [-0.3, -0.25) is 14.4 Å². The number of nitrogens with zero attached hydrogens (tertiary/aromatic N) is 3. The molecular formula is C16H22N4O3. The Kier molecular flexibility index (Phi) is 5.09. The van der Waals surface area contributed by atoms with Gasteiger partial charge in [-0.15, -0.1) is 0 Å². The highest BCUT2D eigenvalue weighted by molar-refractivity contribution is 5.77. The van der Waals surface area contributed by atoms with Crippen molar-refractivity contribution in [2.24, 2.45) is 0 Å². The molecule has 23 heavy (non-hydrogen) atoms. The van der Waals surface area contributed by atoms with Gasteiger partial charge in [-0.1, -0.05) is 0 Å². The van der Waals surface area contributed by atoms with E-state index in [2.05, 4.69) is 15.3 Å². The Morgan fingerprint density at radius 3 is 3.17 bits per heavy atom. The van der Waals surface area contributed by atoms with Gasteiger partial charge >= 0.3 is 0 Å². The number of carbonyl (C=O) groups is 1. The van der Waals surface area contributed by atoms with Crippen molar-refractivity contribution in [3.05, 3.63) is 42.1 Å². The van der Waals surface area contributed by atoms with Crippen LogP contribution in [0.1, 0.15) is 11.3 Å². The summed E-state index contributed by atoms with van der Waals surface area (Å²) in [5.41, 5.74) is 1.13. The van der Waals surface area contributed by atoms with Crippen molar-refractivity contribution in [3.8, 4) is 0 Å². The Morgan fingerprint density at radius 2 is 2.43 bits per heavy atom. The zero-order chi connectivity index (χ0) is 16.1. The summed E-state index contributed by atoms with van der Waals surface area (Å²) in [7, 11) is 0. The third-order valence-corrected chi connectivity index (χ3v) is 3.78. The van der Waals surface area contributed by atoms with Crippen LogP contribution < -0.4 is 5.32 Å². The van der Waals surface area contributed by atoms with E-state index in [1.165, 1.54) is 0 Å². The van der Waals surface area contributed by atoms with Crippen LogP contribution >= 0.6 is 0 Å². The van der Waals surface area contributed by atoms with Crippen molar-refractivity contribution >= 4 is 5.91 Å². The molecule has 2 aromatic heterocycles. The number of furan rings is 1. The Morgan fingerprint density at radius 1 is 1.52 bits per heavy atom. The number of hydrogen-bond acceptors (Lipinski definition) is 5. The molecule has 7 heteroatoms. The molecule has 1 saturated heterocycles. The van der Waals surface area contributed by atoms with E-state index in [0.29, 0.717) is 26.2 Å². The smallest absolute Gasteiger partial charge is 0.234 e. The maximum Gasteiger partial charge on any atom is 0.234 e. The maximum absolute atomic E-state index is 12.0. The highest BCUT2D eigenvalue weighted by Crippen LogP contribution is 2.08. The molecule has 1 N–H and O–H groups in total. The molecule has 1 atom stereocenters. The van der Waals surface area contributed by atoms with Crippen LogP contribution in [0.2, 0.25) is 0 Å². The normalized spacial score (nSPS) is 18.9. The van der Waals surface area contributed by atoms with Gasteiger partial charge in [0.25, 0.3) is 0 Å². The largest absolute Gasteiger partial charge is 0.467 e. The minimum Gasteiger partial charge on any atom is -0.467 e. The lowest BCUT2D eigenvalue weighted by atomic mass is 10.2. The summed E-state index contributed by atoms with van der Waals surface area (Å²) in [4.78, 5) is 14.1. The number of nitrogens with one attached hydrogen (secondary N) is 1. The molecule has 1 fully saturated rings. The van der Waals surface area contributed by atoms with Crippen molar-refractivity contribution in [1.82, 2.24) is 20.0 Å². The molecule has 0 unspecified atom stereocenters. The molecular weight excluding hydrogens is 296 g/mol. The number of carbonyl (C=O) groups excluding carboxylic acids is 1. The van der Waals surface area contributed by atoms with Gasteiger partial charge in [0, 0.05) is 19.3 Å². The lowest BCUT2D eigenvalue weighted by molar-refractivity contribution is -0.124. The SMILES string of the molecule is Cc1cnn(C[C@@H]2CN(CC(=O)NCc3ccco3)CCO2)c1. The zero-order valence-electron chi connectivity index (χ0n) is 13.3. The molecule has 0 spiro atoms. The Labute approximate surface area is 135 Å². The van der Waals surface area contributed by atoms with Crippen LogP contribution in [0.25, 0.3) is 0 Å². The van der Waals surface area contributed by atoms with E-state index in [-0.39, 0.29) is 12.0 Å². The highest BCUT2D eigenvalue weighted by atomic mass is 16.5. The summed E-state index contributed by atoms with van der Waals surface area (Å²) in [6.45, 7) is 5.65. The third kappa shape index (κ3) is 4.67. The lowest BCUT2D eigenvalue weighted by Gasteiger charge is -2.32. The number of aryl methyl sites for hydroxylation is 1. The van der Waals surface area contributed by atoms with E-state index in [0.717, 1.165) is 24.4 Å². The second-order valence-electron chi connectivity index (χ2n) is 5.82. The molecule has 124 valence electrons. The summed E-state index contributed by atoms with van der Waals surface area (Å²) < 4.78 is 12.9. The van der Waals surface area contributed by atoms with Crippen molar-refractivity contribution in [1.29, 1.82) is 0 Å². The predicted octanol–water partition coefficient (Wildman–Crippen LogP) is 0.802. The van der Waals surface area contributed by atoms with Crippen LogP contribution in [0, 0.1) is 6.92 Å². The minimum atomic E-state index is -0.00279. The van der Waals surface area contributed by atoms with Crippen LogP contribution in [0.4, 0.5) is 0 Å². The number of ether oxygens (including phenoxy) is 1. The first-order valence-electron chi connectivity index (χ1n) is 7.81. The van der Waals surface area contributed by atoms with Gasteiger partial charge in [-0.25, -0.2) is 0 Å². The third-order valence-electron chi connectivity index (χ3n) is 3.78. The van der Waals surface area contributed by atoms with Gasteiger partial charge in [0.1, 0.15) is 5.76 Å². The van der Waals surface area contributed by atoms with E-state index in [9.17, 15) is 4.79 Å². The van der Waals surface area contributed by atoms with Crippen LogP contribution in [0.5, 0.6) is 0 Å².